The van der Waals surface area contributed by atoms with E-state index in [4.69, 9.17) is 4.74 Å². The highest BCUT2D eigenvalue weighted by molar-refractivity contribution is 7.89. The number of nitrogens with zero attached hydrogens (tertiary/aromatic N) is 1. The Bertz CT molecular complexity index is 801. The van der Waals surface area contributed by atoms with Crippen molar-refractivity contribution >= 4 is 27.6 Å². The van der Waals surface area contributed by atoms with Crippen LogP contribution < -0.4 is 5.32 Å². The lowest BCUT2D eigenvalue weighted by atomic mass is 9.86. The molecule has 0 saturated heterocycles. The second kappa shape index (κ2) is 10.7. The average molecular weight is 425 g/mol. The minimum atomic E-state index is -3.60. The summed E-state index contributed by atoms with van der Waals surface area (Å²) in [5, 5.41) is 2.61. The molecule has 162 valence electrons. The van der Waals surface area contributed by atoms with Crippen LogP contribution in [0.3, 0.4) is 0 Å². The molecule has 0 bridgehead atoms. The van der Waals surface area contributed by atoms with Gasteiger partial charge in [0.05, 0.1) is 4.90 Å². The monoisotopic (exact) mass is 424 g/mol. The van der Waals surface area contributed by atoms with Gasteiger partial charge in [-0.2, -0.15) is 0 Å². The van der Waals surface area contributed by atoms with E-state index >= 15 is 0 Å². The minimum Gasteiger partial charge on any atom is -0.453 e. The van der Waals surface area contributed by atoms with Crippen molar-refractivity contribution in [1.82, 2.24) is 4.31 Å². The predicted molar refractivity (Wildman–Crippen MR) is 112 cm³/mol. The highest BCUT2D eigenvalue weighted by Gasteiger charge is 2.21. The molecular weight excluding hydrogens is 392 g/mol. The van der Waals surface area contributed by atoms with E-state index in [1.165, 1.54) is 65.3 Å². The lowest BCUT2D eigenvalue weighted by Gasteiger charge is -2.21. The van der Waals surface area contributed by atoms with Gasteiger partial charge in [0, 0.05) is 26.2 Å². The molecule has 7 nitrogen and oxygen atoms in total. The largest absolute Gasteiger partial charge is 0.453 e. The van der Waals surface area contributed by atoms with E-state index in [-0.39, 0.29) is 10.9 Å². The second-order valence-electron chi connectivity index (χ2n) is 7.83. The standard InChI is InChI=1S/C21H32N2O5S/c1-16(28-20(24)14-7-11-17-9-5-4-6-10-17)21(25)22-18-12-8-13-19(15-18)29(26,27)23(2)3/h8,12-13,15-17H,4-7,9-11,14H2,1-3H3,(H,22,25)/t16-/m1/s1. The molecule has 0 heterocycles. The van der Waals surface area contributed by atoms with Crippen LogP contribution in [-0.4, -0.2) is 44.8 Å². The summed E-state index contributed by atoms with van der Waals surface area (Å²) in [5.74, 6) is -0.166. The topological polar surface area (TPSA) is 92.8 Å². The molecule has 0 spiro atoms. The van der Waals surface area contributed by atoms with E-state index < -0.39 is 22.0 Å². The van der Waals surface area contributed by atoms with Crippen LogP contribution in [0.15, 0.2) is 29.2 Å². The zero-order valence-electron chi connectivity index (χ0n) is 17.5. The molecule has 8 heteroatoms. The number of hydrogen-bond acceptors (Lipinski definition) is 5. The number of esters is 1. The highest BCUT2D eigenvalue weighted by atomic mass is 32.2. The van der Waals surface area contributed by atoms with E-state index in [9.17, 15) is 18.0 Å². The summed E-state index contributed by atoms with van der Waals surface area (Å²) in [6, 6.07) is 5.98. The normalized spacial score (nSPS) is 16.4. The third-order valence-corrected chi connectivity index (χ3v) is 7.09. The summed E-state index contributed by atoms with van der Waals surface area (Å²) in [5.41, 5.74) is 0.332. The summed E-state index contributed by atoms with van der Waals surface area (Å²) in [7, 11) is -0.716. The Morgan fingerprint density at radius 2 is 1.90 bits per heavy atom. The molecule has 1 aromatic carbocycles. The molecule has 2 rings (SSSR count). The summed E-state index contributed by atoms with van der Waals surface area (Å²) < 4.78 is 30.8. The molecular formula is C21H32N2O5S. The highest BCUT2D eigenvalue weighted by Crippen LogP contribution is 2.27. The molecule has 1 atom stereocenters. The third kappa shape index (κ3) is 7.12. The fraction of sp³-hybridized carbons (Fsp3) is 0.619. The van der Waals surface area contributed by atoms with Gasteiger partial charge in [0.25, 0.3) is 5.91 Å². The summed E-state index contributed by atoms with van der Waals surface area (Å²) in [4.78, 5) is 24.4. The molecule has 1 fully saturated rings. The number of amides is 1. The molecule has 1 aliphatic carbocycles. The van der Waals surface area contributed by atoms with Crippen LogP contribution in [-0.2, 0) is 24.3 Å². The van der Waals surface area contributed by atoms with Gasteiger partial charge in [0.15, 0.2) is 6.10 Å². The Kier molecular flexibility index (Phi) is 8.64. The lowest BCUT2D eigenvalue weighted by Crippen LogP contribution is -2.30. The molecule has 29 heavy (non-hydrogen) atoms. The maximum atomic E-state index is 12.3. The van der Waals surface area contributed by atoms with E-state index in [2.05, 4.69) is 5.32 Å². The Labute approximate surface area is 173 Å². The predicted octanol–water partition coefficient (Wildman–Crippen LogP) is 3.56. The maximum absolute atomic E-state index is 12.3. The zero-order valence-corrected chi connectivity index (χ0v) is 18.3. The number of hydrogen-bond donors (Lipinski definition) is 1. The van der Waals surface area contributed by atoms with Crippen molar-refractivity contribution in [2.75, 3.05) is 19.4 Å². The number of anilines is 1. The quantitative estimate of drug-likeness (QED) is 0.612. The number of nitrogens with one attached hydrogen (secondary N) is 1. The second-order valence-corrected chi connectivity index (χ2v) is 9.98. The van der Waals surface area contributed by atoms with Crippen molar-refractivity contribution in [2.45, 2.75) is 69.3 Å². The first-order chi connectivity index (χ1) is 13.7. The van der Waals surface area contributed by atoms with Crippen LogP contribution in [0.25, 0.3) is 0 Å². The first-order valence-corrected chi connectivity index (χ1v) is 11.7. The number of benzene rings is 1. The Morgan fingerprint density at radius 3 is 2.55 bits per heavy atom. The van der Waals surface area contributed by atoms with Crippen molar-refractivity contribution in [3.63, 3.8) is 0 Å². The van der Waals surface area contributed by atoms with Gasteiger partial charge < -0.3 is 10.1 Å². The molecule has 0 aliphatic heterocycles. The van der Waals surface area contributed by atoms with Gasteiger partial charge in [0.2, 0.25) is 10.0 Å². The zero-order chi connectivity index (χ0) is 21.4. The lowest BCUT2D eigenvalue weighted by molar-refractivity contribution is -0.153. The number of carbonyl (C=O) groups is 2. The molecule has 1 amide bonds. The third-order valence-electron chi connectivity index (χ3n) is 5.28. The Balaban J connectivity index is 1.81. The fourth-order valence-electron chi connectivity index (χ4n) is 3.51. The van der Waals surface area contributed by atoms with Crippen molar-refractivity contribution in [2.24, 2.45) is 5.92 Å². The number of rotatable bonds is 9. The van der Waals surface area contributed by atoms with E-state index in [1.807, 2.05) is 0 Å². The van der Waals surface area contributed by atoms with Gasteiger partial charge >= 0.3 is 5.97 Å². The van der Waals surface area contributed by atoms with E-state index in [0.29, 0.717) is 18.0 Å². The summed E-state index contributed by atoms with van der Waals surface area (Å²) in [6.45, 7) is 1.51. The molecule has 0 aromatic heterocycles. The SMILES string of the molecule is C[C@@H](OC(=O)CCCC1CCCCC1)C(=O)Nc1cccc(S(=O)(=O)N(C)C)c1. The van der Waals surface area contributed by atoms with Crippen LogP contribution in [0.4, 0.5) is 5.69 Å². The smallest absolute Gasteiger partial charge is 0.306 e. The molecule has 1 aromatic rings. The first-order valence-electron chi connectivity index (χ1n) is 10.2. The van der Waals surface area contributed by atoms with Gasteiger partial charge in [-0.05, 0) is 43.9 Å². The average Bonchev–Trinajstić information content (AvgIpc) is 2.68. The number of ether oxygens (including phenoxy) is 1. The van der Waals surface area contributed by atoms with Crippen molar-refractivity contribution in [1.29, 1.82) is 0 Å². The molecule has 0 radical (unpaired) electrons. The van der Waals surface area contributed by atoms with Gasteiger partial charge in [-0.25, -0.2) is 12.7 Å². The van der Waals surface area contributed by atoms with Crippen molar-refractivity contribution in [3.8, 4) is 0 Å². The van der Waals surface area contributed by atoms with Crippen LogP contribution in [0, 0.1) is 5.92 Å². The summed E-state index contributed by atoms with van der Waals surface area (Å²) >= 11 is 0. The summed E-state index contributed by atoms with van der Waals surface area (Å²) in [6.07, 6.45) is 7.54. The van der Waals surface area contributed by atoms with E-state index in [0.717, 1.165) is 17.1 Å². The first kappa shape index (κ1) is 23.3. The van der Waals surface area contributed by atoms with Gasteiger partial charge in [0.1, 0.15) is 0 Å². The van der Waals surface area contributed by atoms with Crippen LogP contribution in [0.2, 0.25) is 0 Å². The molecule has 1 saturated carbocycles. The van der Waals surface area contributed by atoms with Crippen LogP contribution >= 0.6 is 0 Å². The van der Waals surface area contributed by atoms with E-state index in [1.54, 1.807) is 12.1 Å². The maximum Gasteiger partial charge on any atom is 0.306 e. The van der Waals surface area contributed by atoms with Crippen LogP contribution in [0.1, 0.15) is 58.3 Å². The van der Waals surface area contributed by atoms with Gasteiger partial charge in [-0.15, -0.1) is 0 Å². The Hall–Kier alpha value is -1.93. The number of sulfonamides is 1. The number of carbonyl (C=O) groups excluding carboxylic acids is 2. The molecule has 1 aliphatic rings. The Morgan fingerprint density at radius 1 is 1.21 bits per heavy atom. The van der Waals surface area contributed by atoms with Crippen molar-refractivity contribution < 1.29 is 22.7 Å². The van der Waals surface area contributed by atoms with Gasteiger partial charge in [-0.3, -0.25) is 9.59 Å². The fourth-order valence-corrected chi connectivity index (χ4v) is 4.46. The minimum absolute atomic E-state index is 0.0765. The van der Waals surface area contributed by atoms with Crippen LogP contribution in [0.5, 0.6) is 0 Å². The molecule has 1 N–H and O–H groups in total. The van der Waals surface area contributed by atoms with Crippen molar-refractivity contribution in [3.05, 3.63) is 24.3 Å². The van der Waals surface area contributed by atoms with Gasteiger partial charge in [-0.1, -0.05) is 38.2 Å². The molecule has 0 unspecified atom stereocenters.